The van der Waals surface area contributed by atoms with E-state index in [4.69, 9.17) is 4.74 Å². The number of pyridine rings is 3. The molecule has 1 saturated carbocycles. The third kappa shape index (κ3) is 5.45. The minimum Gasteiger partial charge on any atom is -0.494 e. The number of methoxy groups -OCH3 is 1. The first-order valence-corrected chi connectivity index (χ1v) is 14.1. The maximum absolute atomic E-state index is 14.8. The number of aromatic nitrogens is 3. The van der Waals surface area contributed by atoms with E-state index in [0.717, 1.165) is 61.4 Å². The summed E-state index contributed by atoms with van der Waals surface area (Å²) in [5.74, 6) is -0.345. The van der Waals surface area contributed by atoms with Crippen LogP contribution in [0.5, 0.6) is 5.75 Å². The molecule has 1 atom stereocenters. The van der Waals surface area contributed by atoms with Crippen molar-refractivity contribution in [2.75, 3.05) is 25.1 Å². The van der Waals surface area contributed by atoms with Gasteiger partial charge < -0.3 is 14.2 Å². The second-order valence-corrected chi connectivity index (χ2v) is 11.2. The summed E-state index contributed by atoms with van der Waals surface area (Å²) in [6.45, 7) is 7.02. The van der Waals surface area contributed by atoms with Gasteiger partial charge in [0.15, 0.2) is 17.0 Å². The summed E-state index contributed by atoms with van der Waals surface area (Å²) in [5, 5.41) is 0.415. The van der Waals surface area contributed by atoms with Crippen molar-refractivity contribution in [3.05, 3.63) is 93.5 Å². The Bertz CT molecular complexity index is 1580. The molecule has 1 aromatic carbocycles. The highest BCUT2D eigenvalue weighted by Crippen LogP contribution is 2.38. The normalized spacial score (nSPS) is 17.5. The van der Waals surface area contributed by atoms with E-state index in [0.29, 0.717) is 30.1 Å². The first kappa shape index (κ1) is 26.4. The summed E-state index contributed by atoms with van der Waals surface area (Å²) < 4.78 is 22.2. The molecule has 0 unspecified atom stereocenters. The lowest BCUT2D eigenvalue weighted by atomic mass is 10.0. The number of aryl methyl sites for hydroxylation is 2. The summed E-state index contributed by atoms with van der Waals surface area (Å²) in [6.07, 6.45) is 10.0. The minimum absolute atomic E-state index is 0.111. The first-order chi connectivity index (χ1) is 19.4. The van der Waals surface area contributed by atoms with E-state index in [-0.39, 0.29) is 17.2 Å². The lowest BCUT2D eigenvalue weighted by Crippen LogP contribution is -2.48. The van der Waals surface area contributed by atoms with Gasteiger partial charge in [0.2, 0.25) is 0 Å². The topological polar surface area (TPSA) is 63.5 Å². The van der Waals surface area contributed by atoms with E-state index in [2.05, 4.69) is 48.6 Å². The van der Waals surface area contributed by atoms with Crippen molar-refractivity contribution in [2.24, 2.45) is 0 Å². The number of halogens is 1. The van der Waals surface area contributed by atoms with Gasteiger partial charge in [-0.05, 0) is 75.4 Å². The number of fused-ring (bicyclic) bond motifs is 1. The molecule has 2 aliphatic rings. The molecule has 4 aromatic rings. The second kappa shape index (κ2) is 11.0. The van der Waals surface area contributed by atoms with Crippen LogP contribution in [-0.4, -0.2) is 45.7 Å². The largest absolute Gasteiger partial charge is 0.494 e. The Morgan fingerprint density at radius 1 is 1.05 bits per heavy atom. The molecule has 4 heterocycles. The van der Waals surface area contributed by atoms with Crippen LogP contribution in [0, 0.1) is 19.7 Å². The molecule has 2 fully saturated rings. The van der Waals surface area contributed by atoms with E-state index in [1.165, 1.54) is 18.7 Å². The lowest BCUT2D eigenvalue weighted by Gasteiger charge is -2.40. The van der Waals surface area contributed by atoms with Crippen molar-refractivity contribution in [1.29, 1.82) is 0 Å². The quantitative estimate of drug-likeness (QED) is 0.291. The zero-order valence-electron chi connectivity index (χ0n) is 23.4. The minimum atomic E-state index is -0.509. The molecular formula is C32H36FN5O2. The summed E-state index contributed by atoms with van der Waals surface area (Å²) in [5.41, 5.74) is 5.59. The Morgan fingerprint density at radius 3 is 2.62 bits per heavy atom. The summed E-state index contributed by atoms with van der Waals surface area (Å²) in [7, 11) is 1.46. The maximum atomic E-state index is 14.8. The maximum Gasteiger partial charge on any atom is 0.193 e. The van der Waals surface area contributed by atoms with Crippen LogP contribution in [0.15, 0.2) is 59.8 Å². The van der Waals surface area contributed by atoms with Crippen molar-refractivity contribution < 1.29 is 9.13 Å². The van der Waals surface area contributed by atoms with Crippen molar-refractivity contribution in [1.82, 2.24) is 19.4 Å². The number of hydrogen-bond acceptors (Lipinski definition) is 6. The average molecular weight is 542 g/mol. The average Bonchev–Trinajstić information content (AvgIpc) is 3.80. The van der Waals surface area contributed by atoms with E-state index in [1.807, 2.05) is 32.4 Å². The van der Waals surface area contributed by atoms with Gasteiger partial charge in [0.25, 0.3) is 0 Å². The van der Waals surface area contributed by atoms with Crippen molar-refractivity contribution in [2.45, 2.75) is 64.7 Å². The van der Waals surface area contributed by atoms with Crippen LogP contribution in [-0.2, 0) is 13.1 Å². The van der Waals surface area contributed by atoms with Gasteiger partial charge in [0.1, 0.15) is 0 Å². The number of hydrogen-bond donors (Lipinski definition) is 0. The molecule has 1 saturated heterocycles. The van der Waals surface area contributed by atoms with Gasteiger partial charge in [-0.25, -0.2) is 4.39 Å². The number of ether oxygens (including phenoxy) is 1. The summed E-state index contributed by atoms with van der Waals surface area (Å²) >= 11 is 0. The SMILES string of the molecule is COc1cc2c(cc1F)c(=O)c(CN(Cc1ccnc(C)c1)[C@H]1CCCN(c3ccc(C)nc3)C1)cn2C1CC1. The van der Waals surface area contributed by atoms with E-state index >= 15 is 0 Å². The first-order valence-electron chi connectivity index (χ1n) is 14.1. The van der Waals surface area contributed by atoms with Crippen molar-refractivity contribution >= 4 is 16.6 Å². The highest BCUT2D eigenvalue weighted by molar-refractivity contribution is 5.81. The molecule has 0 N–H and O–H groups in total. The van der Waals surface area contributed by atoms with Gasteiger partial charge in [-0.3, -0.25) is 19.7 Å². The molecular weight excluding hydrogens is 505 g/mol. The molecule has 7 nitrogen and oxygen atoms in total. The van der Waals surface area contributed by atoms with Crippen LogP contribution in [0.2, 0.25) is 0 Å². The van der Waals surface area contributed by atoms with Crippen LogP contribution >= 0.6 is 0 Å². The molecule has 8 heteroatoms. The van der Waals surface area contributed by atoms with Gasteiger partial charge in [-0.1, -0.05) is 0 Å². The number of rotatable bonds is 8. The standard InChI is InChI=1S/C32H36FN5O2/c1-21-6-7-26(16-35-21)36-12-4-5-27(20-36)37(17-23-10-11-34-22(2)13-23)18-24-19-38(25-8-9-25)30-15-31(40-3)29(33)14-28(30)32(24)39/h6-7,10-11,13-16,19,25,27H,4-5,8-9,12,17-18,20H2,1-3H3/t27-/m0/s1. The lowest BCUT2D eigenvalue weighted by molar-refractivity contribution is 0.158. The molecule has 40 heavy (non-hydrogen) atoms. The summed E-state index contributed by atoms with van der Waals surface area (Å²) in [4.78, 5) is 27.6. The second-order valence-electron chi connectivity index (χ2n) is 11.2. The number of piperidine rings is 1. The van der Waals surface area contributed by atoms with E-state index in [1.54, 1.807) is 6.07 Å². The molecule has 0 radical (unpaired) electrons. The zero-order chi connectivity index (χ0) is 27.8. The molecule has 208 valence electrons. The van der Waals surface area contributed by atoms with E-state index < -0.39 is 5.82 Å². The molecule has 3 aromatic heterocycles. The van der Waals surface area contributed by atoms with Crippen LogP contribution in [0.4, 0.5) is 10.1 Å². The van der Waals surface area contributed by atoms with Crippen LogP contribution in [0.3, 0.4) is 0 Å². The van der Waals surface area contributed by atoms with Crippen LogP contribution < -0.4 is 15.1 Å². The van der Waals surface area contributed by atoms with Gasteiger partial charge in [-0.2, -0.15) is 0 Å². The van der Waals surface area contributed by atoms with Gasteiger partial charge in [0.05, 0.1) is 24.5 Å². The smallest absolute Gasteiger partial charge is 0.193 e. The number of anilines is 1. The molecule has 0 spiro atoms. The molecule has 1 aliphatic heterocycles. The Labute approximate surface area is 234 Å². The van der Waals surface area contributed by atoms with Gasteiger partial charge in [0, 0.05) is 79.1 Å². The third-order valence-corrected chi connectivity index (χ3v) is 8.21. The molecule has 1 aliphatic carbocycles. The Balaban J connectivity index is 1.37. The van der Waals surface area contributed by atoms with E-state index in [9.17, 15) is 9.18 Å². The highest BCUT2D eigenvalue weighted by atomic mass is 19.1. The van der Waals surface area contributed by atoms with Crippen LogP contribution in [0.1, 0.15) is 54.2 Å². The molecule has 0 amide bonds. The van der Waals surface area contributed by atoms with Crippen molar-refractivity contribution in [3.8, 4) is 5.75 Å². The fourth-order valence-electron chi connectivity index (χ4n) is 5.94. The summed E-state index contributed by atoms with van der Waals surface area (Å²) in [6, 6.07) is 11.9. The fraction of sp³-hybridized carbons (Fsp3) is 0.406. The fourth-order valence-corrected chi connectivity index (χ4v) is 5.94. The predicted octanol–water partition coefficient (Wildman–Crippen LogP) is 5.56. The Kier molecular flexibility index (Phi) is 7.27. The number of benzene rings is 1. The third-order valence-electron chi connectivity index (χ3n) is 8.21. The highest BCUT2D eigenvalue weighted by Gasteiger charge is 2.29. The zero-order valence-corrected chi connectivity index (χ0v) is 23.4. The van der Waals surface area contributed by atoms with Gasteiger partial charge in [-0.15, -0.1) is 0 Å². The van der Waals surface area contributed by atoms with Crippen molar-refractivity contribution in [3.63, 3.8) is 0 Å². The Morgan fingerprint density at radius 2 is 1.90 bits per heavy atom. The van der Waals surface area contributed by atoms with Gasteiger partial charge >= 0.3 is 0 Å². The monoisotopic (exact) mass is 541 g/mol. The predicted molar refractivity (Wildman–Crippen MR) is 155 cm³/mol. The molecule has 0 bridgehead atoms. The number of nitrogens with zero attached hydrogens (tertiary/aromatic N) is 5. The Hall–Kier alpha value is -3.78. The molecule has 6 rings (SSSR count). The van der Waals surface area contributed by atoms with Crippen LogP contribution in [0.25, 0.3) is 10.9 Å².